The Morgan fingerprint density at radius 3 is 2.76 bits per heavy atom. The smallest absolute Gasteiger partial charge is 0.121 e. The van der Waals surface area contributed by atoms with Gasteiger partial charge in [0.15, 0.2) is 0 Å². The summed E-state index contributed by atoms with van der Waals surface area (Å²) >= 11 is 0. The van der Waals surface area contributed by atoms with Gasteiger partial charge in [0.05, 0.1) is 18.1 Å². The van der Waals surface area contributed by atoms with E-state index in [0.717, 1.165) is 30.9 Å². The number of aromatic nitrogens is 2. The summed E-state index contributed by atoms with van der Waals surface area (Å²) in [5, 5.41) is 3.44. The minimum Gasteiger partial charge on any atom is -0.497 e. The van der Waals surface area contributed by atoms with Crippen molar-refractivity contribution < 1.29 is 4.74 Å². The van der Waals surface area contributed by atoms with Gasteiger partial charge in [-0.1, -0.05) is 13.8 Å². The molecule has 4 nitrogen and oxygen atoms in total. The summed E-state index contributed by atoms with van der Waals surface area (Å²) in [4.78, 5) is 4.95. The quantitative estimate of drug-likeness (QED) is 0.939. The molecule has 2 heterocycles. The van der Waals surface area contributed by atoms with Crippen LogP contribution in [0, 0.1) is 5.92 Å². The van der Waals surface area contributed by atoms with Crippen LogP contribution < -0.4 is 10.1 Å². The van der Waals surface area contributed by atoms with E-state index in [1.54, 1.807) is 7.11 Å². The number of ether oxygens (including phenoxy) is 1. The Balaban J connectivity index is 2.07. The molecule has 0 radical (unpaired) electrons. The number of nitrogens with one attached hydrogen (secondary N) is 1. The van der Waals surface area contributed by atoms with Crippen molar-refractivity contribution in [3.63, 3.8) is 0 Å². The second-order valence-corrected chi connectivity index (χ2v) is 6.35. The lowest BCUT2D eigenvalue weighted by atomic mass is 9.97. The molecule has 0 aliphatic carbocycles. The minimum absolute atomic E-state index is 0.573. The van der Waals surface area contributed by atoms with Gasteiger partial charge in [-0.15, -0.1) is 0 Å². The molecule has 0 spiro atoms. The predicted octanol–water partition coefficient (Wildman–Crippen LogP) is 3.17. The van der Waals surface area contributed by atoms with Gasteiger partial charge in [0.1, 0.15) is 11.6 Å². The van der Waals surface area contributed by atoms with Crippen LogP contribution >= 0.6 is 0 Å². The van der Waals surface area contributed by atoms with Crippen molar-refractivity contribution in [2.24, 2.45) is 5.92 Å². The van der Waals surface area contributed by atoms with Crippen LogP contribution in [-0.4, -0.2) is 29.8 Å². The van der Waals surface area contributed by atoms with Gasteiger partial charge in [0.2, 0.25) is 0 Å². The molecular formula is C17H25N3O. The van der Waals surface area contributed by atoms with E-state index in [1.165, 1.54) is 24.2 Å². The highest BCUT2D eigenvalue weighted by Crippen LogP contribution is 2.30. The Labute approximate surface area is 126 Å². The normalized spacial score (nSPS) is 16.8. The van der Waals surface area contributed by atoms with E-state index >= 15 is 0 Å². The van der Waals surface area contributed by atoms with E-state index in [2.05, 4.69) is 35.9 Å². The molecule has 0 saturated carbocycles. The van der Waals surface area contributed by atoms with Crippen molar-refractivity contribution in [2.45, 2.75) is 39.2 Å². The molecule has 1 saturated heterocycles. The fourth-order valence-electron chi connectivity index (χ4n) is 3.20. The predicted molar refractivity (Wildman–Crippen MR) is 86.0 cm³/mol. The molecule has 0 bridgehead atoms. The van der Waals surface area contributed by atoms with E-state index in [-0.39, 0.29) is 0 Å². The third-order valence-electron chi connectivity index (χ3n) is 4.24. The Morgan fingerprint density at radius 1 is 1.33 bits per heavy atom. The molecule has 1 fully saturated rings. The number of hydrogen-bond acceptors (Lipinski definition) is 3. The second kappa shape index (κ2) is 6.06. The monoisotopic (exact) mass is 287 g/mol. The summed E-state index contributed by atoms with van der Waals surface area (Å²) in [6.07, 6.45) is 2.36. The fraction of sp³-hybridized carbons (Fsp3) is 0.588. The maximum atomic E-state index is 5.34. The van der Waals surface area contributed by atoms with Crippen LogP contribution in [0.25, 0.3) is 11.0 Å². The topological polar surface area (TPSA) is 39.1 Å². The molecule has 1 aliphatic rings. The molecule has 4 heteroatoms. The molecule has 1 aromatic heterocycles. The highest BCUT2D eigenvalue weighted by molar-refractivity contribution is 5.78. The van der Waals surface area contributed by atoms with Gasteiger partial charge in [-0.05, 0) is 44.0 Å². The van der Waals surface area contributed by atoms with Crippen LogP contribution in [0.2, 0.25) is 0 Å². The van der Waals surface area contributed by atoms with Gasteiger partial charge < -0.3 is 14.6 Å². The Hall–Kier alpha value is -1.55. The molecule has 0 atom stereocenters. The highest BCUT2D eigenvalue weighted by Gasteiger charge is 2.22. The molecule has 114 valence electrons. The van der Waals surface area contributed by atoms with Crippen molar-refractivity contribution in [2.75, 3.05) is 20.2 Å². The Bertz CT molecular complexity index is 612. The summed E-state index contributed by atoms with van der Waals surface area (Å²) in [7, 11) is 1.71. The number of benzene rings is 1. The lowest BCUT2D eigenvalue weighted by Crippen LogP contribution is -2.28. The van der Waals surface area contributed by atoms with Gasteiger partial charge in [-0.2, -0.15) is 0 Å². The van der Waals surface area contributed by atoms with Crippen molar-refractivity contribution in [1.82, 2.24) is 14.9 Å². The zero-order valence-electron chi connectivity index (χ0n) is 13.2. The van der Waals surface area contributed by atoms with Crippen molar-refractivity contribution in [3.8, 4) is 5.75 Å². The third-order valence-corrected chi connectivity index (χ3v) is 4.24. The van der Waals surface area contributed by atoms with Gasteiger partial charge in [0, 0.05) is 18.5 Å². The minimum atomic E-state index is 0.573. The van der Waals surface area contributed by atoms with E-state index in [4.69, 9.17) is 9.72 Å². The Morgan fingerprint density at radius 2 is 2.10 bits per heavy atom. The molecule has 1 aliphatic heterocycles. The standard InChI is InChI=1S/C17H25N3O/c1-12(2)11-20-16-5-4-14(21-3)10-15(16)19-17(20)13-6-8-18-9-7-13/h4-5,10,12-13,18H,6-9,11H2,1-3H3. The molecule has 0 amide bonds. The number of piperidine rings is 1. The number of nitrogens with zero attached hydrogens (tertiary/aromatic N) is 2. The summed E-state index contributed by atoms with van der Waals surface area (Å²) in [6.45, 7) is 7.75. The van der Waals surface area contributed by atoms with E-state index in [9.17, 15) is 0 Å². The summed E-state index contributed by atoms with van der Waals surface area (Å²) in [6, 6.07) is 6.23. The van der Waals surface area contributed by atoms with E-state index in [0.29, 0.717) is 11.8 Å². The first-order chi connectivity index (χ1) is 10.2. The van der Waals surface area contributed by atoms with E-state index < -0.39 is 0 Å². The molecule has 2 aromatic rings. The van der Waals surface area contributed by atoms with Crippen molar-refractivity contribution >= 4 is 11.0 Å². The number of imidazole rings is 1. The van der Waals surface area contributed by atoms with Crippen LogP contribution in [-0.2, 0) is 6.54 Å². The van der Waals surface area contributed by atoms with Gasteiger partial charge in [0.25, 0.3) is 0 Å². The molecule has 0 unspecified atom stereocenters. The van der Waals surface area contributed by atoms with Gasteiger partial charge >= 0.3 is 0 Å². The van der Waals surface area contributed by atoms with Crippen LogP contribution in [0.4, 0.5) is 0 Å². The highest BCUT2D eigenvalue weighted by atomic mass is 16.5. The lowest BCUT2D eigenvalue weighted by Gasteiger charge is -2.23. The molecule has 21 heavy (non-hydrogen) atoms. The van der Waals surface area contributed by atoms with Crippen LogP contribution in [0.1, 0.15) is 38.4 Å². The molecule has 3 rings (SSSR count). The summed E-state index contributed by atoms with van der Waals surface area (Å²) in [5.41, 5.74) is 2.29. The first kappa shape index (κ1) is 14.4. The summed E-state index contributed by atoms with van der Waals surface area (Å²) in [5.74, 6) is 3.33. The van der Waals surface area contributed by atoms with Gasteiger partial charge in [-0.25, -0.2) is 4.98 Å². The van der Waals surface area contributed by atoms with E-state index in [1.807, 2.05) is 6.07 Å². The lowest BCUT2D eigenvalue weighted by molar-refractivity contribution is 0.415. The first-order valence-corrected chi connectivity index (χ1v) is 7.94. The molecule has 1 aromatic carbocycles. The zero-order chi connectivity index (χ0) is 14.8. The number of hydrogen-bond donors (Lipinski definition) is 1. The number of fused-ring (bicyclic) bond motifs is 1. The second-order valence-electron chi connectivity index (χ2n) is 6.35. The SMILES string of the molecule is COc1ccc2c(c1)nc(C1CCNCC1)n2CC(C)C. The van der Waals surface area contributed by atoms with Crippen LogP contribution in [0.3, 0.4) is 0 Å². The van der Waals surface area contributed by atoms with Crippen LogP contribution in [0.15, 0.2) is 18.2 Å². The zero-order valence-corrected chi connectivity index (χ0v) is 13.2. The number of rotatable bonds is 4. The average molecular weight is 287 g/mol. The summed E-state index contributed by atoms with van der Waals surface area (Å²) < 4.78 is 7.76. The van der Waals surface area contributed by atoms with Gasteiger partial charge in [-0.3, -0.25) is 0 Å². The maximum absolute atomic E-state index is 5.34. The molecule has 1 N–H and O–H groups in total. The average Bonchev–Trinajstić information content (AvgIpc) is 2.85. The Kier molecular flexibility index (Phi) is 4.15. The first-order valence-electron chi connectivity index (χ1n) is 7.94. The molecular weight excluding hydrogens is 262 g/mol. The number of methoxy groups -OCH3 is 1. The third kappa shape index (κ3) is 2.91. The van der Waals surface area contributed by atoms with Crippen molar-refractivity contribution in [1.29, 1.82) is 0 Å². The maximum Gasteiger partial charge on any atom is 0.121 e. The van der Waals surface area contributed by atoms with Crippen LogP contribution in [0.5, 0.6) is 5.75 Å². The van der Waals surface area contributed by atoms with Crippen molar-refractivity contribution in [3.05, 3.63) is 24.0 Å². The largest absolute Gasteiger partial charge is 0.497 e. The fourth-order valence-corrected chi connectivity index (χ4v) is 3.20.